The first-order valence-electron chi connectivity index (χ1n) is 6.45. The Morgan fingerprint density at radius 1 is 1.28 bits per heavy atom. The van der Waals surface area contributed by atoms with E-state index in [0.29, 0.717) is 12.3 Å². The first-order chi connectivity index (χ1) is 8.43. The van der Waals surface area contributed by atoms with Gasteiger partial charge >= 0.3 is 0 Å². The van der Waals surface area contributed by atoms with Crippen molar-refractivity contribution in [2.24, 2.45) is 0 Å². The van der Waals surface area contributed by atoms with Crippen molar-refractivity contribution >= 4 is 5.82 Å². The molecular formula is C14H24N2O2. The average molecular weight is 252 g/mol. The van der Waals surface area contributed by atoms with Gasteiger partial charge in [-0.3, -0.25) is 0 Å². The Hall–Kier alpha value is -1.13. The van der Waals surface area contributed by atoms with Gasteiger partial charge in [-0.15, -0.1) is 0 Å². The molecule has 4 heteroatoms. The molecule has 102 valence electrons. The first-order valence-corrected chi connectivity index (χ1v) is 6.45. The lowest BCUT2D eigenvalue weighted by atomic mass is 10.1. The number of aliphatic hydroxyl groups excluding tert-OH is 2. The third-order valence-electron chi connectivity index (χ3n) is 2.94. The molecule has 0 aliphatic heterocycles. The molecule has 0 aliphatic carbocycles. The van der Waals surface area contributed by atoms with Gasteiger partial charge in [0.2, 0.25) is 0 Å². The van der Waals surface area contributed by atoms with E-state index in [1.165, 1.54) is 0 Å². The first kappa shape index (κ1) is 14.9. The lowest BCUT2D eigenvalue weighted by molar-refractivity contribution is 0.187. The van der Waals surface area contributed by atoms with Crippen LogP contribution in [0.5, 0.6) is 0 Å². The van der Waals surface area contributed by atoms with Crippen LogP contribution in [0, 0.1) is 0 Å². The highest BCUT2D eigenvalue weighted by molar-refractivity contribution is 5.42. The molecule has 1 heterocycles. The predicted molar refractivity (Wildman–Crippen MR) is 73.8 cm³/mol. The molecule has 1 aromatic rings. The Bertz CT molecular complexity index is 378. The number of rotatable bonds is 6. The molecule has 1 unspecified atom stereocenters. The van der Waals surface area contributed by atoms with Crippen LogP contribution in [0.1, 0.15) is 44.4 Å². The summed E-state index contributed by atoms with van der Waals surface area (Å²) in [6.45, 7) is 6.73. The molecular weight excluding hydrogens is 228 g/mol. The maximum Gasteiger partial charge on any atom is 0.128 e. The van der Waals surface area contributed by atoms with Gasteiger partial charge in [0.25, 0.3) is 0 Å². The fourth-order valence-corrected chi connectivity index (χ4v) is 1.67. The average Bonchev–Trinajstić information content (AvgIpc) is 2.35. The topological polar surface area (TPSA) is 56.6 Å². The number of aliphatic hydroxyl groups is 2. The largest absolute Gasteiger partial charge is 0.393 e. The smallest absolute Gasteiger partial charge is 0.128 e. The van der Waals surface area contributed by atoms with E-state index in [1.54, 1.807) is 6.92 Å². The van der Waals surface area contributed by atoms with Gasteiger partial charge in [-0.05, 0) is 37.0 Å². The van der Waals surface area contributed by atoms with Crippen LogP contribution in [0.4, 0.5) is 5.82 Å². The summed E-state index contributed by atoms with van der Waals surface area (Å²) in [7, 11) is 1.95. The number of aromatic nitrogens is 1. The highest BCUT2D eigenvalue weighted by atomic mass is 16.3. The van der Waals surface area contributed by atoms with Crippen LogP contribution in [-0.2, 0) is 6.61 Å². The van der Waals surface area contributed by atoms with Gasteiger partial charge in [0.15, 0.2) is 0 Å². The highest BCUT2D eigenvalue weighted by Crippen LogP contribution is 2.20. The number of anilines is 1. The summed E-state index contributed by atoms with van der Waals surface area (Å²) in [5.41, 5.74) is 1.87. The van der Waals surface area contributed by atoms with Crippen molar-refractivity contribution in [2.75, 3.05) is 18.5 Å². The van der Waals surface area contributed by atoms with Crippen molar-refractivity contribution in [3.8, 4) is 0 Å². The zero-order chi connectivity index (χ0) is 13.7. The summed E-state index contributed by atoms with van der Waals surface area (Å²) in [6, 6.07) is 3.84. The minimum Gasteiger partial charge on any atom is -0.393 e. The maximum absolute atomic E-state index is 9.30. The third kappa shape index (κ3) is 4.27. The Kier molecular flexibility index (Phi) is 5.56. The van der Waals surface area contributed by atoms with Crippen LogP contribution < -0.4 is 4.90 Å². The van der Waals surface area contributed by atoms with E-state index in [4.69, 9.17) is 0 Å². The standard InChI is InChI=1S/C14H24N2O2/c1-10(2)13-7-12(9-17)8-14(15-13)16(4)6-5-11(3)18/h7-8,10-11,17-18H,5-6,9H2,1-4H3. The highest BCUT2D eigenvalue weighted by Gasteiger charge is 2.09. The molecule has 1 aromatic heterocycles. The lowest BCUT2D eigenvalue weighted by Gasteiger charge is -2.21. The number of hydrogen-bond acceptors (Lipinski definition) is 4. The lowest BCUT2D eigenvalue weighted by Crippen LogP contribution is -2.23. The van der Waals surface area contributed by atoms with Crippen LogP contribution in [0.25, 0.3) is 0 Å². The minimum atomic E-state index is -0.307. The van der Waals surface area contributed by atoms with E-state index in [0.717, 1.165) is 23.6 Å². The second-order valence-electron chi connectivity index (χ2n) is 5.13. The Balaban J connectivity index is 2.89. The van der Waals surface area contributed by atoms with E-state index in [9.17, 15) is 10.2 Å². The predicted octanol–water partition coefficient (Wildman–Crippen LogP) is 1.90. The van der Waals surface area contributed by atoms with Gasteiger partial charge in [0.05, 0.1) is 12.7 Å². The molecule has 1 rings (SSSR count). The molecule has 2 N–H and O–H groups in total. The van der Waals surface area contributed by atoms with Crippen LogP contribution in [-0.4, -0.2) is 34.9 Å². The van der Waals surface area contributed by atoms with Crippen molar-refractivity contribution in [1.29, 1.82) is 0 Å². The summed E-state index contributed by atoms with van der Waals surface area (Å²) < 4.78 is 0. The zero-order valence-corrected chi connectivity index (χ0v) is 11.7. The molecule has 0 aliphatic rings. The number of nitrogens with zero attached hydrogens (tertiary/aromatic N) is 2. The molecule has 0 spiro atoms. The second kappa shape index (κ2) is 6.71. The Morgan fingerprint density at radius 3 is 2.44 bits per heavy atom. The zero-order valence-electron chi connectivity index (χ0n) is 11.7. The molecule has 0 bridgehead atoms. The molecule has 0 radical (unpaired) electrons. The van der Waals surface area contributed by atoms with Gasteiger partial charge in [0.1, 0.15) is 5.82 Å². The molecule has 0 fully saturated rings. The van der Waals surface area contributed by atoms with Crippen molar-refractivity contribution < 1.29 is 10.2 Å². The van der Waals surface area contributed by atoms with E-state index in [1.807, 2.05) is 24.1 Å². The third-order valence-corrected chi connectivity index (χ3v) is 2.94. The van der Waals surface area contributed by atoms with Crippen molar-refractivity contribution in [2.45, 2.75) is 45.8 Å². The summed E-state index contributed by atoms with van der Waals surface area (Å²) in [6.07, 6.45) is 0.400. The van der Waals surface area contributed by atoms with Crippen molar-refractivity contribution in [3.63, 3.8) is 0 Å². The minimum absolute atomic E-state index is 0.0273. The molecule has 0 saturated heterocycles. The number of hydrogen-bond donors (Lipinski definition) is 2. The van der Waals surface area contributed by atoms with Gasteiger partial charge in [-0.2, -0.15) is 0 Å². The number of pyridine rings is 1. The fourth-order valence-electron chi connectivity index (χ4n) is 1.67. The molecule has 18 heavy (non-hydrogen) atoms. The quantitative estimate of drug-likeness (QED) is 0.812. The molecule has 0 amide bonds. The normalized spacial score (nSPS) is 12.8. The van der Waals surface area contributed by atoms with Crippen molar-refractivity contribution in [1.82, 2.24) is 4.98 Å². The summed E-state index contributed by atoms with van der Waals surface area (Å²) in [5.74, 6) is 1.19. The monoisotopic (exact) mass is 252 g/mol. The van der Waals surface area contributed by atoms with Gasteiger partial charge in [0, 0.05) is 19.3 Å². The van der Waals surface area contributed by atoms with E-state index >= 15 is 0 Å². The van der Waals surface area contributed by atoms with Crippen LogP contribution >= 0.6 is 0 Å². The van der Waals surface area contributed by atoms with E-state index < -0.39 is 0 Å². The fraction of sp³-hybridized carbons (Fsp3) is 0.643. The SMILES string of the molecule is CC(O)CCN(C)c1cc(CO)cc(C(C)C)n1. The molecule has 4 nitrogen and oxygen atoms in total. The van der Waals surface area contributed by atoms with Crippen LogP contribution in [0.2, 0.25) is 0 Å². The summed E-state index contributed by atoms with van der Waals surface area (Å²) >= 11 is 0. The van der Waals surface area contributed by atoms with Crippen LogP contribution in [0.15, 0.2) is 12.1 Å². The second-order valence-corrected chi connectivity index (χ2v) is 5.13. The molecule has 0 saturated carbocycles. The molecule has 0 aromatic carbocycles. The Labute approximate surface area is 109 Å². The molecule has 1 atom stereocenters. The van der Waals surface area contributed by atoms with Gasteiger partial charge in [-0.25, -0.2) is 4.98 Å². The van der Waals surface area contributed by atoms with Gasteiger partial charge in [-0.1, -0.05) is 13.8 Å². The van der Waals surface area contributed by atoms with E-state index in [-0.39, 0.29) is 12.7 Å². The van der Waals surface area contributed by atoms with Crippen molar-refractivity contribution in [3.05, 3.63) is 23.4 Å². The Morgan fingerprint density at radius 2 is 1.94 bits per heavy atom. The summed E-state index contributed by atoms with van der Waals surface area (Å²) in [4.78, 5) is 6.60. The van der Waals surface area contributed by atoms with E-state index in [2.05, 4.69) is 18.8 Å². The van der Waals surface area contributed by atoms with Crippen LogP contribution in [0.3, 0.4) is 0 Å². The maximum atomic E-state index is 9.30. The van der Waals surface area contributed by atoms with Gasteiger partial charge < -0.3 is 15.1 Å². The summed E-state index contributed by atoms with van der Waals surface area (Å²) in [5, 5.41) is 18.6.